The molecule has 0 heterocycles. The van der Waals surface area contributed by atoms with Crippen molar-refractivity contribution in [1.82, 2.24) is 0 Å². The van der Waals surface area contributed by atoms with Gasteiger partial charge in [0.1, 0.15) is 11.5 Å². The van der Waals surface area contributed by atoms with Gasteiger partial charge in [-0.2, -0.15) is 0 Å². The summed E-state index contributed by atoms with van der Waals surface area (Å²) in [7, 11) is 0. The number of amides is 1. The molecular formula is C15H14N2O5. The second-order valence-corrected chi connectivity index (χ2v) is 4.42. The Morgan fingerprint density at radius 3 is 2.64 bits per heavy atom. The van der Waals surface area contributed by atoms with Crippen LogP contribution in [0.2, 0.25) is 0 Å². The molecule has 0 spiro atoms. The maximum atomic E-state index is 11.8. The number of carbonyl (C=O) groups excluding carboxylic acids is 1. The molecule has 0 saturated carbocycles. The molecule has 1 amide bonds. The van der Waals surface area contributed by atoms with E-state index >= 15 is 0 Å². The average molecular weight is 302 g/mol. The summed E-state index contributed by atoms with van der Waals surface area (Å²) in [5.74, 6) is 0.00292. The maximum Gasteiger partial charge on any atom is 0.271 e. The Balaban J connectivity index is 1.89. The molecular weight excluding hydrogens is 288 g/mol. The van der Waals surface area contributed by atoms with Crippen molar-refractivity contribution in [3.63, 3.8) is 0 Å². The Bertz CT molecular complexity index is 673. The van der Waals surface area contributed by atoms with Gasteiger partial charge in [0.2, 0.25) is 5.91 Å². The van der Waals surface area contributed by atoms with E-state index in [2.05, 4.69) is 5.32 Å². The Morgan fingerprint density at radius 1 is 1.23 bits per heavy atom. The van der Waals surface area contributed by atoms with Gasteiger partial charge >= 0.3 is 0 Å². The smallest absolute Gasteiger partial charge is 0.271 e. The molecule has 0 unspecified atom stereocenters. The SMILES string of the molecule is O=C(CCOc1ccccc1)Nc1cc([N+](=O)[O-])ccc1O. The molecule has 2 N–H and O–H groups in total. The lowest BCUT2D eigenvalue weighted by Gasteiger charge is -2.08. The molecule has 2 aromatic carbocycles. The molecule has 7 nitrogen and oxygen atoms in total. The van der Waals surface area contributed by atoms with E-state index in [1.165, 1.54) is 0 Å². The predicted molar refractivity (Wildman–Crippen MR) is 79.9 cm³/mol. The van der Waals surface area contributed by atoms with E-state index in [1.54, 1.807) is 12.1 Å². The first-order chi connectivity index (χ1) is 10.6. The zero-order valence-electron chi connectivity index (χ0n) is 11.6. The highest BCUT2D eigenvalue weighted by molar-refractivity contribution is 5.92. The second-order valence-electron chi connectivity index (χ2n) is 4.42. The first-order valence-corrected chi connectivity index (χ1v) is 6.51. The van der Waals surface area contributed by atoms with E-state index in [1.807, 2.05) is 18.2 Å². The van der Waals surface area contributed by atoms with Gasteiger partial charge in [-0.1, -0.05) is 18.2 Å². The summed E-state index contributed by atoms with van der Waals surface area (Å²) in [6.45, 7) is 0.158. The Kier molecular flexibility index (Phi) is 4.92. The summed E-state index contributed by atoms with van der Waals surface area (Å²) in [5, 5.41) is 22.7. The van der Waals surface area contributed by atoms with Gasteiger partial charge in [-0.15, -0.1) is 0 Å². The average Bonchev–Trinajstić information content (AvgIpc) is 2.50. The second kappa shape index (κ2) is 7.07. The fraction of sp³-hybridized carbons (Fsp3) is 0.133. The van der Waals surface area contributed by atoms with Crippen molar-refractivity contribution in [2.24, 2.45) is 0 Å². The molecule has 0 atom stereocenters. The van der Waals surface area contributed by atoms with Crippen LogP contribution in [0.1, 0.15) is 6.42 Å². The normalized spacial score (nSPS) is 10.0. The Hall–Kier alpha value is -3.09. The number of nitrogens with one attached hydrogen (secondary N) is 1. The van der Waals surface area contributed by atoms with Gasteiger partial charge in [-0.25, -0.2) is 0 Å². The minimum atomic E-state index is -0.604. The van der Waals surface area contributed by atoms with Crippen LogP contribution in [0.4, 0.5) is 11.4 Å². The number of hydrogen-bond acceptors (Lipinski definition) is 5. The number of phenolic OH excluding ortho intramolecular Hbond substituents is 1. The van der Waals surface area contributed by atoms with Crippen LogP contribution in [-0.2, 0) is 4.79 Å². The first kappa shape index (κ1) is 15.3. The molecule has 0 radical (unpaired) electrons. The monoisotopic (exact) mass is 302 g/mol. The van der Waals surface area contributed by atoms with E-state index < -0.39 is 10.8 Å². The number of aromatic hydroxyl groups is 1. The molecule has 2 aromatic rings. The molecule has 0 aliphatic carbocycles. The summed E-state index contributed by atoms with van der Waals surface area (Å²) in [5.41, 5.74) is -0.215. The Morgan fingerprint density at radius 2 is 1.95 bits per heavy atom. The van der Waals surface area contributed by atoms with Crippen LogP contribution in [0, 0.1) is 10.1 Å². The van der Waals surface area contributed by atoms with Crippen LogP contribution in [0.25, 0.3) is 0 Å². The Labute approximate surface area is 126 Å². The van der Waals surface area contributed by atoms with E-state index in [-0.39, 0.29) is 30.2 Å². The van der Waals surface area contributed by atoms with Crippen LogP contribution in [-0.4, -0.2) is 22.5 Å². The lowest BCUT2D eigenvalue weighted by atomic mass is 10.2. The van der Waals surface area contributed by atoms with Gasteiger partial charge in [-0.05, 0) is 18.2 Å². The van der Waals surface area contributed by atoms with Crippen LogP contribution >= 0.6 is 0 Å². The summed E-state index contributed by atoms with van der Waals surface area (Å²) >= 11 is 0. The number of non-ortho nitro benzene ring substituents is 1. The number of phenols is 1. The molecule has 7 heteroatoms. The highest BCUT2D eigenvalue weighted by atomic mass is 16.6. The standard InChI is InChI=1S/C15H14N2O5/c18-14-7-6-11(17(20)21)10-13(14)16-15(19)8-9-22-12-4-2-1-3-5-12/h1-7,10,18H,8-9H2,(H,16,19). The quantitative estimate of drug-likeness (QED) is 0.485. The molecule has 0 fully saturated rings. The number of hydrogen-bond donors (Lipinski definition) is 2. The number of nitro groups is 1. The predicted octanol–water partition coefficient (Wildman–Crippen LogP) is 2.71. The van der Waals surface area contributed by atoms with Crippen LogP contribution in [0.15, 0.2) is 48.5 Å². The van der Waals surface area contributed by atoms with Crippen molar-refractivity contribution in [3.8, 4) is 11.5 Å². The number of ether oxygens (including phenoxy) is 1. The van der Waals surface area contributed by atoms with Gasteiger partial charge in [0, 0.05) is 12.1 Å². The number of nitro benzene ring substituents is 1. The topological polar surface area (TPSA) is 102 Å². The van der Waals surface area contributed by atoms with Gasteiger partial charge in [0.15, 0.2) is 0 Å². The third kappa shape index (κ3) is 4.20. The zero-order valence-corrected chi connectivity index (χ0v) is 11.6. The molecule has 0 bridgehead atoms. The highest BCUT2D eigenvalue weighted by Gasteiger charge is 2.12. The number of rotatable bonds is 6. The molecule has 22 heavy (non-hydrogen) atoms. The van der Waals surface area contributed by atoms with E-state index in [9.17, 15) is 20.0 Å². The highest BCUT2D eigenvalue weighted by Crippen LogP contribution is 2.27. The third-order valence-electron chi connectivity index (χ3n) is 2.81. The largest absolute Gasteiger partial charge is 0.506 e. The summed E-state index contributed by atoms with van der Waals surface area (Å²) in [4.78, 5) is 21.8. The van der Waals surface area contributed by atoms with Gasteiger partial charge in [0.25, 0.3) is 5.69 Å². The van der Waals surface area contributed by atoms with Gasteiger partial charge in [0.05, 0.1) is 23.6 Å². The van der Waals surface area contributed by atoms with Crippen LogP contribution < -0.4 is 10.1 Å². The zero-order chi connectivity index (χ0) is 15.9. The van der Waals surface area contributed by atoms with Crippen molar-refractivity contribution >= 4 is 17.3 Å². The molecule has 0 aromatic heterocycles. The summed E-state index contributed by atoms with van der Waals surface area (Å²) < 4.78 is 5.37. The van der Waals surface area contributed by atoms with E-state index in [0.717, 1.165) is 18.2 Å². The minimum absolute atomic E-state index is 0.00101. The summed E-state index contributed by atoms with van der Waals surface area (Å²) in [6, 6.07) is 12.4. The molecule has 0 aliphatic rings. The minimum Gasteiger partial charge on any atom is -0.506 e. The number of benzene rings is 2. The van der Waals surface area contributed by atoms with Gasteiger partial charge in [-0.3, -0.25) is 14.9 Å². The van der Waals surface area contributed by atoms with Crippen molar-refractivity contribution in [2.45, 2.75) is 6.42 Å². The van der Waals surface area contributed by atoms with E-state index in [0.29, 0.717) is 5.75 Å². The molecule has 0 aliphatic heterocycles. The van der Waals surface area contributed by atoms with Gasteiger partial charge < -0.3 is 15.2 Å². The fourth-order valence-corrected chi connectivity index (χ4v) is 1.73. The van der Waals surface area contributed by atoms with Crippen molar-refractivity contribution in [2.75, 3.05) is 11.9 Å². The number of para-hydroxylation sites is 1. The molecule has 114 valence electrons. The molecule has 2 rings (SSSR count). The van der Waals surface area contributed by atoms with Crippen molar-refractivity contribution in [1.29, 1.82) is 0 Å². The first-order valence-electron chi connectivity index (χ1n) is 6.51. The lowest BCUT2D eigenvalue weighted by Crippen LogP contribution is -2.15. The van der Waals surface area contributed by atoms with Crippen LogP contribution in [0.5, 0.6) is 11.5 Å². The summed E-state index contributed by atoms with van der Waals surface area (Å²) in [6.07, 6.45) is 0.0526. The molecule has 0 saturated heterocycles. The fourth-order valence-electron chi connectivity index (χ4n) is 1.73. The third-order valence-corrected chi connectivity index (χ3v) is 2.81. The number of nitrogens with zero attached hydrogens (tertiary/aromatic N) is 1. The number of anilines is 1. The van der Waals surface area contributed by atoms with Crippen LogP contribution in [0.3, 0.4) is 0 Å². The maximum absolute atomic E-state index is 11.8. The van der Waals surface area contributed by atoms with Crippen molar-refractivity contribution < 1.29 is 19.6 Å². The van der Waals surface area contributed by atoms with Crippen molar-refractivity contribution in [3.05, 3.63) is 58.6 Å². The number of carbonyl (C=O) groups is 1. The van der Waals surface area contributed by atoms with E-state index in [4.69, 9.17) is 4.74 Å². The lowest BCUT2D eigenvalue weighted by molar-refractivity contribution is -0.384.